The molecule has 6 nitrogen and oxygen atoms in total. The minimum absolute atomic E-state index is 0.0421. The summed E-state index contributed by atoms with van der Waals surface area (Å²) < 4.78 is 13.4. The topological polar surface area (TPSA) is 58.9 Å². The molecule has 0 N–H and O–H groups in total. The highest BCUT2D eigenvalue weighted by Crippen LogP contribution is 2.52. The van der Waals surface area contributed by atoms with Crippen molar-refractivity contribution >= 4 is 50.6 Å². The number of hydrogen-bond acceptors (Lipinski definition) is 5. The van der Waals surface area contributed by atoms with Gasteiger partial charge in [-0.15, -0.1) is 12.8 Å². The van der Waals surface area contributed by atoms with Crippen molar-refractivity contribution in [2.75, 3.05) is 24.7 Å². The standard InChI is InChI=1S/C59H73N2O4/c1-8-11-12-13-16-19-22-34-51(57(63)65-44-10-3)61-50-41-39-46-31-25-27-33-48(46)56(50)59(6,7)53(61)36-29-35-52-58(4,5)55-47-32-26-24-30-45(47)38-40-49(55)60(52)42-28-21-18-15-14-17-20-23-37-54(62)64-43-9-2/h2-3,24-27,29-33,35-36,38-41,51H,8,11-23,28,34,37,42-44H2,1,4-7H3/q+1. The number of terminal acetylenes is 2. The number of fused-ring (bicyclic) bond motifs is 6. The van der Waals surface area contributed by atoms with Gasteiger partial charge in [0.15, 0.2) is 18.9 Å². The van der Waals surface area contributed by atoms with Crippen molar-refractivity contribution in [3.63, 3.8) is 0 Å². The van der Waals surface area contributed by atoms with E-state index in [1.54, 1.807) is 0 Å². The van der Waals surface area contributed by atoms with Gasteiger partial charge >= 0.3 is 11.9 Å². The van der Waals surface area contributed by atoms with Crippen molar-refractivity contribution < 1.29 is 23.6 Å². The molecule has 6 heteroatoms. The van der Waals surface area contributed by atoms with Crippen LogP contribution in [0.5, 0.6) is 0 Å². The van der Waals surface area contributed by atoms with Crippen LogP contribution in [0.25, 0.3) is 21.5 Å². The van der Waals surface area contributed by atoms with E-state index < -0.39 is 11.5 Å². The lowest BCUT2D eigenvalue weighted by Gasteiger charge is -2.33. The monoisotopic (exact) mass is 874 g/mol. The molecule has 0 aliphatic carbocycles. The molecular formula is C59H73N2O4+. The molecule has 0 saturated heterocycles. The normalized spacial score (nSPS) is 15.9. The van der Waals surface area contributed by atoms with E-state index in [1.807, 2.05) is 0 Å². The quantitative estimate of drug-likeness (QED) is 0.0287. The number of esters is 2. The second-order valence-corrected chi connectivity index (χ2v) is 19.1. The summed E-state index contributed by atoms with van der Waals surface area (Å²) in [5, 5.41) is 4.95. The molecule has 6 rings (SSSR count). The van der Waals surface area contributed by atoms with Crippen LogP contribution in [0.3, 0.4) is 0 Å². The second-order valence-electron chi connectivity index (χ2n) is 19.1. The fraction of sp³-hybridized carbons (Fsp3) is 0.475. The molecule has 4 aromatic carbocycles. The molecular weight excluding hydrogens is 801 g/mol. The predicted octanol–water partition coefficient (Wildman–Crippen LogP) is 14.0. The maximum Gasteiger partial charge on any atom is 0.330 e. The first-order chi connectivity index (χ1) is 31.6. The summed E-state index contributed by atoms with van der Waals surface area (Å²) in [7, 11) is 0. The van der Waals surface area contributed by atoms with Gasteiger partial charge in [-0.25, -0.2) is 4.79 Å². The largest absolute Gasteiger partial charge is 0.452 e. The van der Waals surface area contributed by atoms with Crippen LogP contribution in [0.15, 0.2) is 96.7 Å². The van der Waals surface area contributed by atoms with E-state index in [-0.39, 0.29) is 30.6 Å². The van der Waals surface area contributed by atoms with E-state index in [9.17, 15) is 9.59 Å². The Hall–Kier alpha value is -5.59. The number of unbranched alkanes of at least 4 members (excludes halogenated alkanes) is 13. The molecule has 2 aliphatic rings. The smallest absolute Gasteiger partial charge is 0.330 e. The molecule has 342 valence electrons. The Bertz CT molecular complexity index is 2450. The second kappa shape index (κ2) is 23.6. The average molecular weight is 874 g/mol. The van der Waals surface area contributed by atoms with Crippen molar-refractivity contribution in [2.45, 2.75) is 161 Å². The Morgan fingerprint density at radius 3 is 1.91 bits per heavy atom. The fourth-order valence-corrected chi connectivity index (χ4v) is 10.5. The number of rotatable bonds is 25. The summed E-state index contributed by atoms with van der Waals surface area (Å²) in [5.74, 6) is 4.42. The number of carbonyl (C=O) groups excluding carboxylic acids is 2. The van der Waals surface area contributed by atoms with Crippen molar-refractivity contribution in [1.29, 1.82) is 0 Å². The number of anilines is 1. The Balaban J connectivity index is 1.29. The van der Waals surface area contributed by atoms with Crippen molar-refractivity contribution in [1.82, 2.24) is 0 Å². The molecule has 0 aromatic heterocycles. The van der Waals surface area contributed by atoms with Crippen LogP contribution < -0.4 is 4.90 Å². The lowest BCUT2D eigenvalue weighted by Crippen LogP contribution is -2.42. The van der Waals surface area contributed by atoms with Crippen LogP contribution in [0.4, 0.5) is 11.4 Å². The number of ether oxygens (including phenoxy) is 2. The molecule has 0 bridgehead atoms. The molecule has 0 radical (unpaired) electrons. The molecule has 1 atom stereocenters. The lowest BCUT2D eigenvalue weighted by molar-refractivity contribution is -0.438. The van der Waals surface area contributed by atoms with Gasteiger partial charge in [-0.1, -0.05) is 170 Å². The first-order valence-electron chi connectivity index (χ1n) is 24.6. The van der Waals surface area contributed by atoms with Crippen LogP contribution in [0.2, 0.25) is 0 Å². The van der Waals surface area contributed by atoms with Crippen LogP contribution in [0, 0.1) is 24.7 Å². The summed E-state index contributed by atoms with van der Waals surface area (Å²) >= 11 is 0. The first-order valence-corrected chi connectivity index (χ1v) is 24.6. The fourth-order valence-electron chi connectivity index (χ4n) is 10.5. The van der Waals surface area contributed by atoms with Crippen molar-refractivity contribution in [3.8, 4) is 24.7 Å². The summed E-state index contributed by atoms with van der Waals surface area (Å²) in [6.45, 7) is 12.5. The summed E-state index contributed by atoms with van der Waals surface area (Å²) in [6, 6.07) is 25.8. The SMILES string of the molecule is C#CCOC(=O)CCCCCCCCCC[N+]1=C(/C=C/C=C2\N(C(CCCCCCCCC)C(=O)OCC#C)c3ccc4ccccc4c3C2(C)C)C(C)(C)c2c1ccc1ccccc21. The highest BCUT2D eigenvalue weighted by atomic mass is 16.5. The highest BCUT2D eigenvalue weighted by Gasteiger charge is 2.47. The third kappa shape index (κ3) is 11.6. The van der Waals surface area contributed by atoms with E-state index in [4.69, 9.17) is 22.3 Å². The Morgan fingerprint density at radius 1 is 0.677 bits per heavy atom. The van der Waals surface area contributed by atoms with E-state index in [0.717, 1.165) is 62.9 Å². The molecule has 2 heterocycles. The minimum Gasteiger partial charge on any atom is -0.452 e. The van der Waals surface area contributed by atoms with Gasteiger partial charge in [0.05, 0.1) is 5.41 Å². The maximum absolute atomic E-state index is 14.2. The van der Waals surface area contributed by atoms with Gasteiger partial charge in [0.2, 0.25) is 5.69 Å². The van der Waals surface area contributed by atoms with E-state index in [1.165, 1.54) is 95.4 Å². The Kier molecular flexibility index (Phi) is 17.7. The average Bonchev–Trinajstić information content (AvgIpc) is 3.67. The zero-order valence-corrected chi connectivity index (χ0v) is 40.1. The van der Waals surface area contributed by atoms with Crippen molar-refractivity contribution in [3.05, 3.63) is 108 Å². The third-order valence-electron chi connectivity index (χ3n) is 13.7. The maximum atomic E-state index is 14.2. The van der Waals surface area contributed by atoms with Gasteiger partial charge in [-0.3, -0.25) is 4.79 Å². The molecule has 2 aliphatic heterocycles. The van der Waals surface area contributed by atoms with Gasteiger partial charge in [-0.05, 0) is 78.4 Å². The third-order valence-corrected chi connectivity index (χ3v) is 13.7. The van der Waals surface area contributed by atoms with Crippen LogP contribution in [-0.4, -0.2) is 48.0 Å². The Labute approximate surface area is 390 Å². The van der Waals surface area contributed by atoms with Gasteiger partial charge in [-0.2, -0.15) is 4.58 Å². The molecule has 1 unspecified atom stereocenters. The number of benzene rings is 4. The van der Waals surface area contributed by atoms with Gasteiger partial charge in [0.25, 0.3) is 0 Å². The van der Waals surface area contributed by atoms with Crippen LogP contribution in [0.1, 0.15) is 155 Å². The Morgan fingerprint density at radius 2 is 1.25 bits per heavy atom. The van der Waals surface area contributed by atoms with E-state index >= 15 is 0 Å². The molecule has 0 amide bonds. The lowest BCUT2D eigenvalue weighted by atomic mass is 9.79. The van der Waals surface area contributed by atoms with Crippen LogP contribution in [-0.2, 0) is 29.9 Å². The van der Waals surface area contributed by atoms with Crippen LogP contribution >= 0.6 is 0 Å². The number of carbonyl (C=O) groups is 2. The number of hydrogen-bond donors (Lipinski definition) is 0. The van der Waals surface area contributed by atoms with E-state index in [0.29, 0.717) is 12.8 Å². The van der Waals surface area contributed by atoms with Crippen molar-refractivity contribution in [2.24, 2.45) is 0 Å². The summed E-state index contributed by atoms with van der Waals surface area (Å²) in [4.78, 5) is 28.3. The van der Waals surface area contributed by atoms with E-state index in [2.05, 4.69) is 147 Å². The number of nitrogens with zero attached hydrogens (tertiary/aromatic N) is 2. The van der Waals surface area contributed by atoms with Gasteiger partial charge in [0.1, 0.15) is 12.6 Å². The summed E-state index contributed by atoms with van der Waals surface area (Å²) in [5.41, 5.74) is 6.66. The first kappa shape index (κ1) is 48.9. The van der Waals surface area contributed by atoms with Gasteiger partial charge in [0, 0.05) is 47.3 Å². The number of allylic oxidation sites excluding steroid dienone is 4. The highest BCUT2D eigenvalue weighted by molar-refractivity contribution is 6.08. The van der Waals surface area contributed by atoms with Gasteiger partial charge < -0.3 is 14.4 Å². The predicted molar refractivity (Wildman–Crippen MR) is 271 cm³/mol. The zero-order chi connectivity index (χ0) is 46.2. The molecule has 4 aromatic rings. The summed E-state index contributed by atoms with van der Waals surface area (Å²) in [6.07, 6.45) is 35.8. The minimum atomic E-state index is -0.508. The molecule has 0 saturated carbocycles. The zero-order valence-electron chi connectivity index (χ0n) is 40.1. The molecule has 65 heavy (non-hydrogen) atoms. The molecule has 0 spiro atoms. The molecule has 0 fully saturated rings.